The number of carbonyl (C=O) groups is 1. The minimum atomic E-state index is -0.644. The molecule has 7 nitrogen and oxygen atoms in total. The van der Waals surface area contributed by atoms with Gasteiger partial charge in [-0.2, -0.15) is 0 Å². The molecule has 0 saturated heterocycles. The first-order valence-electron chi connectivity index (χ1n) is 8.67. The molecule has 3 heterocycles. The van der Waals surface area contributed by atoms with Crippen molar-refractivity contribution in [2.75, 3.05) is 6.54 Å². The van der Waals surface area contributed by atoms with Crippen LogP contribution in [0.4, 0.5) is 0 Å². The molecule has 2 aliphatic heterocycles. The number of benzene rings is 1. The molecule has 1 amide bonds. The van der Waals surface area contributed by atoms with Crippen LogP contribution in [0.15, 0.2) is 24.3 Å². The van der Waals surface area contributed by atoms with Crippen molar-refractivity contribution < 1.29 is 14.3 Å². The summed E-state index contributed by atoms with van der Waals surface area (Å²) in [4.78, 5) is 14.8. The Kier molecular flexibility index (Phi) is 3.86. The Morgan fingerprint density at radius 2 is 1.88 bits per heavy atom. The zero-order chi connectivity index (χ0) is 17.6. The number of carbonyl (C=O) groups excluding carboxylic acids is 1. The fourth-order valence-electron chi connectivity index (χ4n) is 3.37. The third kappa shape index (κ3) is 2.73. The van der Waals surface area contributed by atoms with Gasteiger partial charge in [0, 0.05) is 19.0 Å². The third-order valence-electron chi connectivity index (χ3n) is 4.70. The summed E-state index contributed by atoms with van der Waals surface area (Å²) in [5, 5.41) is 8.53. The number of hydrogen-bond donors (Lipinski definition) is 0. The minimum absolute atomic E-state index is 0.0673. The number of ether oxygens (including phenoxy) is 2. The van der Waals surface area contributed by atoms with E-state index >= 15 is 0 Å². The predicted molar refractivity (Wildman–Crippen MR) is 90.5 cm³/mol. The van der Waals surface area contributed by atoms with Crippen LogP contribution < -0.4 is 9.47 Å². The van der Waals surface area contributed by atoms with Gasteiger partial charge in [0.25, 0.3) is 5.91 Å². The second-order valence-corrected chi connectivity index (χ2v) is 6.85. The van der Waals surface area contributed by atoms with Gasteiger partial charge in [0.05, 0.1) is 6.54 Å². The molecule has 0 fully saturated rings. The van der Waals surface area contributed by atoms with Crippen molar-refractivity contribution in [1.29, 1.82) is 0 Å². The van der Waals surface area contributed by atoms with Gasteiger partial charge in [-0.05, 0) is 19.1 Å². The van der Waals surface area contributed by atoms with Gasteiger partial charge in [0.15, 0.2) is 17.3 Å². The molecule has 4 rings (SSSR count). The highest BCUT2D eigenvalue weighted by atomic mass is 16.6. The normalized spacial score (nSPS) is 22.0. The summed E-state index contributed by atoms with van der Waals surface area (Å²) in [5.74, 6) is 3.34. The fraction of sp³-hybridized carbons (Fsp3) is 0.500. The largest absolute Gasteiger partial charge is 0.482 e. The van der Waals surface area contributed by atoms with E-state index in [9.17, 15) is 4.79 Å². The molecule has 2 atom stereocenters. The molecule has 7 heteroatoms. The maximum absolute atomic E-state index is 13.0. The van der Waals surface area contributed by atoms with E-state index in [0.717, 1.165) is 11.6 Å². The van der Waals surface area contributed by atoms with E-state index < -0.39 is 6.10 Å². The van der Waals surface area contributed by atoms with Crippen molar-refractivity contribution >= 4 is 5.91 Å². The van der Waals surface area contributed by atoms with Crippen LogP contribution in [0.2, 0.25) is 0 Å². The van der Waals surface area contributed by atoms with Crippen LogP contribution in [-0.4, -0.2) is 44.3 Å². The van der Waals surface area contributed by atoms with Crippen molar-refractivity contribution in [2.24, 2.45) is 0 Å². The molecule has 0 spiro atoms. The third-order valence-corrected chi connectivity index (χ3v) is 4.70. The second-order valence-electron chi connectivity index (χ2n) is 6.85. The molecule has 0 aliphatic carbocycles. The lowest BCUT2D eigenvalue weighted by atomic mass is 10.1. The summed E-state index contributed by atoms with van der Waals surface area (Å²) in [6.45, 7) is 7.84. The Morgan fingerprint density at radius 3 is 2.60 bits per heavy atom. The van der Waals surface area contributed by atoms with Crippen LogP contribution in [0.1, 0.15) is 38.3 Å². The Bertz CT molecular complexity index is 801. The molecule has 2 aliphatic rings. The SMILES string of the molecule is CC(C)c1nnc2n1CCN(C(=O)C1Oc3ccccc3OC1C)C2. The first-order valence-corrected chi connectivity index (χ1v) is 8.67. The van der Waals surface area contributed by atoms with Gasteiger partial charge >= 0.3 is 0 Å². The van der Waals surface area contributed by atoms with E-state index in [1.807, 2.05) is 31.2 Å². The maximum Gasteiger partial charge on any atom is 0.268 e. The Hall–Kier alpha value is -2.57. The van der Waals surface area contributed by atoms with Crippen LogP contribution in [0.3, 0.4) is 0 Å². The van der Waals surface area contributed by atoms with E-state index in [0.29, 0.717) is 37.1 Å². The number of amides is 1. The van der Waals surface area contributed by atoms with Crippen LogP contribution >= 0.6 is 0 Å². The monoisotopic (exact) mass is 342 g/mol. The van der Waals surface area contributed by atoms with Crippen molar-refractivity contribution in [2.45, 2.75) is 52.0 Å². The second kappa shape index (κ2) is 6.06. The molecule has 2 aromatic rings. The van der Waals surface area contributed by atoms with Gasteiger partial charge in [0.1, 0.15) is 11.9 Å². The van der Waals surface area contributed by atoms with Gasteiger partial charge in [-0.3, -0.25) is 4.79 Å². The van der Waals surface area contributed by atoms with E-state index in [1.165, 1.54) is 0 Å². The molecular weight excluding hydrogens is 320 g/mol. The standard InChI is InChI=1S/C18H22N4O3/c1-11(2)17-20-19-15-10-21(8-9-22(15)17)18(23)16-12(3)24-13-6-4-5-7-14(13)25-16/h4-7,11-12,16H,8-10H2,1-3H3. The van der Waals surface area contributed by atoms with E-state index in [1.54, 1.807) is 4.90 Å². The zero-order valence-electron chi connectivity index (χ0n) is 14.7. The summed E-state index contributed by atoms with van der Waals surface area (Å²) in [6.07, 6.45) is -0.984. The number of fused-ring (bicyclic) bond motifs is 2. The average Bonchev–Trinajstić information content (AvgIpc) is 3.04. The number of aromatic nitrogens is 3. The first kappa shape index (κ1) is 15.9. The van der Waals surface area contributed by atoms with Crippen LogP contribution in [0, 0.1) is 0 Å². The molecule has 2 unspecified atom stereocenters. The van der Waals surface area contributed by atoms with Gasteiger partial charge in [-0.25, -0.2) is 0 Å². The van der Waals surface area contributed by atoms with Gasteiger partial charge < -0.3 is 18.9 Å². The van der Waals surface area contributed by atoms with Crippen molar-refractivity contribution in [3.8, 4) is 11.5 Å². The van der Waals surface area contributed by atoms with E-state index in [2.05, 4.69) is 28.6 Å². The number of rotatable bonds is 2. The minimum Gasteiger partial charge on any atom is -0.482 e. The molecule has 0 N–H and O–H groups in total. The molecular formula is C18H22N4O3. The average molecular weight is 342 g/mol. The molecule has 0 bridgehead atoms. The lowest BCUT2D eigenvalue weighted by Crippen LogP contribution is -2.52. The Balaban J connectivity index is 1.52. The summed E-state index contributed by atoms with van der Waals surface area (Å²) in [7, 11) is 0. The highest BCUT2D eigenvalue weighted by Gasteiger charge is 2.38. The lowest BCUT2D eigenvalue weighted by molar-refractivity contribution is -0.146. The van der Waals surface area contributed by atoms with Crippen molar-refractivity contribution in [1.82, 2.24) is 19.7 Å². The summed E-state index contributed by atoms with van der Waals surface area (Å²) in [6, 6.07) is 7.43. The topological polar surface area (TPSA) is 69.5 Å². The van der Waals surface area contributed by atoms with Gasteiger partial charge in [0.2, 0.25) is 6.10 Å². The Morgan fingerprint density at radius 1 is 1.16 bits per heavy atom. The molecule has 0 radical (unpaired) electrons. The molecule has 132 valence electrons. The summed E-state index contributed by atoms with van der Waals surface area (Å²) in [5.41, 5.74) is 0. The quantitative estimate of drug-likeness (QED) is 0.835. The van der Waals surface area contributed by atoms with Gasteiger partial charge in [-0.15, -0.1) is 10.2 Å². The van der Waals surface area contributed by atoms with Crippen molar-refractivity contribution in [3.05, 3.63) is 35.9 Å². The highest BCUT2D eigenvalue weighted by molar-refractivity contribution is 5.82. The summed E-state index contributed by atoms with van der Waals surface area (Å²) < 4.78 is 13.9. The predicted octanol–water partition coefficient (Wildman–Crippen LogP) is 1.97. The molecule has 25 heavy (non-hydrogen) atoms. The van der Waals surface area contributed by atoms with Crippen molar-refractivity contribution in [3.63, 3.8) is 0 Å². The van der Waals surface area contributed by atoms with Crippen LogP contribution in [0.5, 0.6) is 11.5 Å². The number of nitrogens with zero attached hydrogens (tertiary/aromatic N) is 4. The highest BCUT2D eigenvalue weighted by Crippen LogP contribution is 2.34. The number of para-hydroxylation sites is 2. The van der Waals surface area contributed by atoms with Crippen LogP contribution in [-0.2, 0) is 17.9 Å². The Labute approximate surface area is 146 Å². The lowest BCUT2D eigenvalue weighted by Gasteiger charge is -2.36. The summed E-state index contributed by atoms with van der Waals surface area (Å²) >= 11 is 0. The first-order chi connectivity index (χ1) is 12.0. The smallest absolute Gasteiger partial charge is 0.268 e. The maximum atomic E-state index is 13.0. The van der Waals surface area contributed by atoms with Gasteiger partial charge in [-0.1, -0.05) is 26.0 Å². The molecule has 0 saturated carbocycles. The van der Waals surface area contributed by atoms with E-state index in [4.69, 9.17) is 9.47 Å². The number of hydrogen-bond acceptors (Lipinski definition) is 5. The fourth-order valence-corrected chi connectivity index (χ4v) is 3.37. The molecule has 1 aromatic carbocycles. The molecule has 1 aromatic heterocycles. The van der Waals surface area contributed by atoms with E-state index in [-0.39, 0.29) is 12.0 Å². The zero-order valence-corrected chi connectivity index (χ0v) is 14.7. The van der Waals surface area contributed by atoms with Crippen LogP contribution in [0.25, 0.3) is 0 Å².